The molecule has 6 heteroatoms. The molecule has 0 spiro atoms. The number of ketones is 1. The summed E-state index contributed by atoms with van der Waals surface area (Å²) in [6.07, 6.45) is 3.20. The molecule has 3 rings (SSSR count). The highest BCUT2D eigenvalue weighted by Crippen LogP contribution is 2.17. The van der Waals surface area contributed by atoms with Crippen molar-refractivity contribution in [2.45, 2.75) is 39.5 Å². The van der Waals surface area contributed by atoms with Gasteiger partial charge in [-0.05, 0) is 62.2 Å². The van der Waals surface area contributed by atoms with Crippen LogP contribution >= 0.6 is 0 Å². The second-order valence-electron chi connectivity index (χ2n) is 6.53. The number of aromatic amines is 2. The third-order valence-electron chi connectivity index (χ3n) is 4.61. The van der Waals surface area contributed by atoms with Gasteiger partial charge in [0, 0.05) is 12.0 Å². The number of carbonyl (C=O) groups excluding carboxylic acids is 1. The van der Waals surface area contributed by atoms with E-state index in [1.165, 1.54) is 5.56 Å². The quantitative estimate of drug-likeness (QED) is 0.355. The van der Waals surface area contributed by atoms with Crippen LogP contribution in [0.3, 0.4) is 0 Å². The first-order valence-electron chi connectivity index (χ1n) is 10.3. The van der Waals surface area contributed by atoms with Gasteiger partial charge in [-0.1, -0.05) is 32.0 Å². The number of hydrogen-bond acceptors (Lipinski definition) is 4. The van der Waals surface area contributed by atoms with Crippen molar-refractivity contribution in [1.29, 1.82) is 0 Å². The summed E-state index contributed by atoms with van der Waals surface area (Å²) in [5.41, 5.74) is 2.97. The molecule has 29 heavy (non-hydrogen) atoms. The topological polar surface area (TPSA) is 87.0 Å². The number of hydrogen-bond donors (Lipinski definition) is 3. The summed E-state index contributed by atoms with van der Waals surface area (Å²) >= 11 is 0. The van der Waals surface area contributed by atoms with Crippen LogP contribution in [-0.2, 0) is 6.42 Å². The molecule has 0 atom stereocenters. The number of rotatable bonds is 10. The highest BCUT2D eigenvalue weighted by atomic mass is 16.5. The lowest BCUT2D eigenvalue weighted by Crippen LogP contribution is -2.19. The molecule has 0 aliphatic carbocycles. The van der Waals surface area contributed by atoms with Gasteiger partial charge in [0.25, 0.3) is 0 Å². The Kier molecular flexibility index (Phi) is 9.18. The minimum atomic E-state index is -0.256. The average Bonchev–Trinajstić information content (AvgIpc) is 3.13. The van der Waals surface area contributed by atoms with Gasteiger partial charge in [-0.25, -0.2) is 4.79 Å². The first-order valence-corrected chi connectivity index (χ1v) is 10.3. The van der Waals surface area contributed by atoms with Gasteiger partial charge in [0.1, 0.15) is 5.75 Å². The molecule has 0 saturated carbocycles. The summed E-state index contributed by atoms with van der Waals surface area (Å²) in [4.78, 5) is 28.9. The van der Waals surface area contributed by atoms with E-state index in [2.05, 4.69) is 21.4 Å². The second-order valence-corrected chi connectivity index (χ2v) is 6.53. The SMILES string of the molecule is CC.COc1ccccc1CCNCCCCC(=O)c1ccc2[nH]c(=O)[nH]c2c1. The smallest absolute Gasteiger partial charge is 0.323 e. The lowest BCUT2D eigenvalue weighted by Gasteiger charge is -2.09. The number of ether oxygens (including phenoxy) is 1. The molecule has 3 aromatic rings. The number of benzene rings is 2. The molecule has 0 amide bonds. The molecule has 0 aliphatic rings. The fourth-order valence-electron chi connectivity index (χ4n) is 3.14. The number of aromatic nitrogens is 2. The van der Waals surface area contributed by atoms with Crippen molar-refractivity contribution in [2.24, 2.45) is 0 Å². The van der Waals surface area contributed by atoms with Gasteiger partial charge >= 0.3 is 5.69 Å². The minimum Gasteiger partial charge on any atom is -0.496 e. The number of unbranched alkanes of at least 4 members (excludes halogenated alkanes) is 1. The molecule has 0 unspecified atom stereocenters. The monoisotopic (exact) mass is 397 g/mol. The first kappa shape index (κ1) is 22.4. The summed E-state index contributed by atoms with van der Waals surface area (Å²) in [5, 5.41) is 3.41. The summed E-state index contributed by atoms with van der Waals surface area (Å²) in [7, 11) is 1.69. The van der Waals surface area contributed by atoms with E-state index in [-0.39, 0.29) is 11.5 Å². The van der Waals surface area contributed by atoms with E-state index in [0.717, 1.165) is 43.6 Å². The maximum absolute atomic E-state index is 12.3. The molecule has 2 aromatic carbocycles. The van der Waals surface area contributed by atoms with E-state index >= 15 is 0 Å². The molecule has 0 saturated heterocycles. The third kappa shape index (κ3) is 6.61. The molecule has 0 fully saturated rings. The Labute approximate surface area is 171 Å². The molecule has 0 radical (unpaired) electrons. The Morgan fingerprint density at radius 2 is 1.76 bits per heavy atom. The van der Waals surface area contributed by atoms with Crippen LogP contribution in [-0.4, -0.2) is 36.0 Å². The number of methoxy groups -OCH3 is 1. The highest BCUT2D eigenvalue weighted by molar-refractivity contribution is 5.98. The lowest BCUT2D eigenvalue weighted by molar-refractivity contribution is 0.0979. The Morgan fingerprint density at radius 3 is 2.55 bits per heavy atom. The molecule has 6 nitrogen and oxygen atoms in total. The number of carbonyl (C=O) groups is 1. The minimum absolute atomic E-state index is 0.105. The van der Waals surface area contributed by atoms with Gasteiger partial charge in [0.05, 0.1) is 18.1 Å². The maximum atomic E-state index is 12.3. The van der Waals surface area contributed by atoms with Gasteiger partial charge < -0.3 is 20.0 Å². The molecular weight excluding hydrogens is 366 g/mol. The van der Waals surface area contributed by atoms with Crippen molar-refractivity contribution in [1.82, 2.24) is 15.3 Å². The van der Waals surface area contributed by atoms with Crippen LogP contribution in [0.15, 0.2) is 47.3 Å². The van der Waals surface area contributed by atoms with Crippen LogP contribution in [0, 0.1) is 0 Å². The zero-order valence-electron chi connectivity index (χ0n) is 17.5. The van der Waals surface area contributed by atoms with Crippen molar-refractivity contribution in [3.05, 3.63) is 64.1 Å². The number of fused-ring (bicyclic) bond motifs is 1. The van der Waals surface area contributed by atoms with Crippen molar-refractivity contribution in [3.63, 3.8) is 0 Å². The van der Waals surface area contributed by atoms with E-state index in [0.29, 0.717) is 17.5 Å². The van der Waals surface area contributed by atoms with E-state index in [1.807, 2.05) is 32.0 Å². The van der Waals surface area contributed by atoms with Gasteiger partial charge in [-0.2, -0.15) is 0 Å². The van der Waals surface area contributed by atoms with E-state index in [9.17, 15) is 9.59 Å². The number of Topliss-reactive ketones (excluding diaryl/α,β-unsaturated/α-hetero) is 1. The summed E-state index contributed by atoms with van der Waals surface area (Å²) < 4.78 is 5.35. The zero-order chi connectivity index (χ0) is 21.1. The van der Waals surface area contributed by atoms with Crippen LogP contribution in [0.25, 0.3) is 11.0 Å². The normalized spacial score (nSPS) is 10.4. The second kappa shape index (κ2) is 11.9. The standard InChI is InChI=1S/C21H25N3O3.C2H6/c1-27-20-8-3-2-6-15(20)11-13-22-12-5-4-7-19(25)16-9-10-17-18(14-16)24-21(26)23-17;1-2/h2-3,6,8-10,14,22H,4-5,7,11-13H2,1H3,(H2,23,24,26);1-2H3. The van der Waals surface area contributed by atoms with Crippen molar-refractivity contribution in [2.75, 3.05) is 20.2 Å². The predicted octanol–water partition coefficient (Wildman–Crippen LogP) is 4.08. The van der Waals surface area contributed by atoms with Crippen LogP contribution in [0.2, 0.25) is 0 Å². The van der Waals surface area contributed by atoms with Crippen molar-refractivity contribution >= 4 is 16.8 Å². The third-order valence-corrected chi connectivity index (χ3v) is 4.61. The lowest BCUT2D eigenvalue weighted by atomic mass is 10.0. The van der Waals surface area contributed by atoms with E-state index in [1.54, 1.807) is 25.3 Å². The number of nitrogens with one attached hydrogen (secondary N) is 3. The fraction of sp³-hybridized carbons (Fsp3) is 0.391. The Hall–Kier alpha value is -2.86. The number of imidazole rings is 1. The van der Waals surface area contributed by atoms with Crippen molar-refractivity contribution in [3.8, 4) is 5.75 Å². The van der Waals surface area contributed by atoms with Crippen LogP contribution < -0.4 is 15.7 Å². The van der Waals surface area contributed by atoms with Gasteiger partial charge in [0.2, 0.25) is 0 Å². The van der Waals surface area contributed by atoms with Gasteiger partial charge in [-0.15, -0.1) is 0 Å². The highest BCUT2D eigenvalue weighted by Gasteiger charge is 2.08. The van der Waals surface area contributed by atoms with Gasteiger partial charge in [-0.3, -0.25) is 4.79 Å². The Balaban J connectivity index is 0.00000145. The molecule has 3 N–H and O–H groups in total. The molecule has 1 heterocycles. The summed E-state index contributed by atoms with van der Waals surface area (Å²) in [6, 6.07) is 13.3. The Bertz CT molecular complexity index is 959. The Morgan fingerprint density at radius 1 is 1.00 bits per heavy atom. The zero-order valence-corrected chi connectivity index (χ0v) is 17.5. The first-order chi connectivity index (χ1) is 14.2. The fourth-order valence-corrected chi connectivity index (χ4v) is 3.14. The molecule has 1 aromatic heterocycles. The van der Waals surface area contributed by atoms with Crippen LogP contribution in [0.1, 0.15) is 49.0 Å². The molecular formula is C23H31N3O3. The maximum Gasteiger partial charge on any atom is 0.323 e. The predicted molar refractivity (Wildman–Crippen MR) is 118 cm³/mol. The number of H-pyrrole nitrogens is 2. The average molecular weight is 398 g/mol. The van der Waals surface area contributed by atoms with Crippen molar-refractivity contribution < 1.29 is 9.53 Å². The van der Waals surface area contributed by atoms with Gasteiger partial charge in [0.15, 0.2) is 5.78 Å². The van der Waals surface area contributed by atoms with E-state index < -0.39 is 0 Å². The summed E-state index contributed by atoms with van der Waals surface area (Å²) in [5.74, 6) is 1.03. The summed E-state index contributed by atoms with van der Waals surface area (Å²) in [6.45, 7) is 5.76. The molecule has 156 valence electrons. The van der Waals surface area contributed by atoms with Crippen LogP contribution in [0.4, 0.5) is 0 Å². The largest absolute Gasteiger partial charge is 0.496 e. The molecule has 0 aliphatic heterocycles. The molecule has 0 bridgehead atoms. The van der Waals surface area contributed by atoms with Crippen LogP contribution in [0.5, 0.6) is 5.75 Å². The van der Waals surface area contributed by atoms with E-state index in [4.69, 9.17) is 4.74 Å². The number of para-hydroxylation sites is 1.